The Hall–Kier alpha value is -3.37. The average Bonchev–Trinajstić information content (AvgIpc) is 3.28. The molecule has 0 aliphatic carbocycles. The highest BCUT2D eigenvalue weighted by Crippen LogP contribution is 2.31. The van der Waals surface area contributed by atoms with Crippen LogP contribution in [-0.4, -0.2) is 48.9 Å². The van der Waals surface area contributed by atoms with Gasteiger partial charge in [-0.2, -0.15) is 0 Å². The standard InChI is InChI=1S/C28H33FN2O6S/c1-28(2,3)37-27(32)30(4)18-20-16-25(23-12-5-6-13-24(23)29)31(19-20)38(33,34)22-11-9-10-21(17-22)36-26-14-7-8-15-35-26/h5-6,9-13,16-17,19,26H,7-8,14-15,18H2,1-4H3. The molecule has 204 valence electrons. The molecule has 1 unspecified atom stereocenters. The molecule has 1 amide bonds. The fourth-order valence-electron chi connectivity index (χ4n) is 4.10. The third-order valence-corrected chi connectivity index (χ3v) is 7.55. The summed E-state index contributed by atoms with van der Waals surface area (Å²) >= 11 is 0. The van der Waals surface area contributed by atoms with Crippen LogP contribution >= 0.6 is 0 Å². The van der Waals surface area contributed by atoms with Gasteiger partial charge >= 0.3 is 6.09 Å². The van der Waals surface area contributed by atoms with Crippen LogP contribution in [0.2, 0.25) is 0 Å². The first-order valence-electron chi connectivity index (χ1n) is 12.5. The van der Waals surface area contributed by atoms with E-state index >= 15 is 0 Å². The lowest BCUT2D eigenvalue weighted by atomic mass is 10.1. The van der Waals surface area contributed by atoms with E-state index in [0.717, 1.165) is 23.2 Å². The molecule has 1 aliphatic rings. The summed E-state index contributed by atoms with van der Waals surface area (Å²) in [5, 5.41) is 0. The normalized spacial score (nSPS) is 16.2. The van der Waals surface area contributed by atoms with Gasteiger partial charge in [0.05, 0.1) is 23.7 Å². The van der Waals surface area contributed by atoms with Gasteiger partial charge in [0.1, 0.15) is 17.2 Å². The molecule has 10 heteroatoms. The van der Waals surface area contributed by atoms with Crippen LogP contribution in [0.4, 0.5) is 9.18 Å². The Bertz CT molecular complexity index is 1390. The summed E-state index contributed by atoms with van der Waals surface area (Å²) in [5.74, 6) is -0.205. The first-order chi connectivity index (χ1) is 17.9. The topological polar surface area (TPSA) is 87.1 Å². The molecular weight excluding hydrogens is 511 g/mol. The second kappa shape index (κ2) is 11.2. The zero-order valence-electron chi connectivity index (χ0n) is 22.0. The van der Waals surface area contributed by atoms with E-state index in [-0.39, 0.29) is 22.7 Å². The van der Waals surface area contributed by atoms with E-state index in [1.807, 2.05) is 0 Å². The van der Waals surface area contributed by atoms with Gasteiger partial charge in [-0.15, -0.1) is 0 Å². The van der Waals surface area contributed by atoms with Crippen molar-refractivity contribution in [2.24, 2.45) is 0 Å². The lowest BCUT2D eigenvalue weighted by Crippen LogP contribution is -2.33. The predicted molar refractivity (Wildman–Crippen MR) is 141 cm³/mol. The third-order valence-electron chi connectivity index (χ3n) is 5.89. The number of nitrogens with zero attached hydrogens (tertiary/aromatic N) is 2. The summed E-state index contributed by atoms with van der Waals surface area (Å²) in [5.41, 5.74) is 0.0559. The fourth-order valence-corrected chi connectivity index (χ4v) is 5.53. The molecule has 1 aliphatic heterocycles. The molecule has 1 saturated heterocycles. The number of hydrogen-bond acceptors (Lipinski definition) is 6. The summed E-state index contributed by atoms with van der Waals surface area (Å²) in [4.78, 5) is 13.8. The third kappa shape index (κ3) is 6.54. The Morgan fingerprint density at radius 3 is 2.58 bits per heavy atom. The number of amides is 1. The maximum Gasteiger partial charge on any atom is 0.410 e. The van der Waals surface area contributed by atoms with Gasteiger partial charge in [-0.05, 0) is 69.5 Å². The largest absolute Gasteiger partial charge is 0.465 e. The van der Waals surface area contributed by atoms with E-state index < -0.39 is 33.8 Å². The van der Waals surface area contributed by atoms with Crippen molar-refractivity contribution in [1.82, 2.24) is 8.87 Å². The van der Waals surface area contributed by atoms with E-state index in [2.05, 4.69) is 0 Å². The Kier molecular flexibility index (Phi) is 8.13. The summed E-state index contributed by atoms with van der Waals surface area (Å²) in [6.07, 6.45) is 3.06. The first-order valence-corrected chi connectivity index (χ1v) is 13.9. The van der Waals surface area contributed by atoms with E-state index in [1.165, 1.54) is 41.4 Å². The van der Waals surface area contributed by atoms with Gasteiger partial charge in [0.25, 0.3) is 10.0 Å². The number of rotatable bonds is 7. The lowest BCUT2D eigenvalue weighted by molar-refractivity contribution is -0.106. The molecule has 2 heterocycles. The van der Waals surface area contributed by atoms with Gasteiger partial charge in [-0.25, -0.2) is 21.6 Å². The van der Waals surface area contributed by atoms with Gasteiger partial charge in [0, 0.05) is 31.3 Å². The SMILES string of the molecule is CN(Cc1cc(-c2ccccc2F)n(S(=O)(=O)c2cccc(OC3CCCCO3)c2)c1)C(=O)OC(C)(C)C. The number of benzene rings is 2. The average molecular weight is 545 g/mol. The molecule has 0 N–H and O–H groups in total. The Morgan fingerprint density at radius 2 is 1.89 bits per heavy atom. The number of ether oxygens (including phenoxy) is 3. The minimum absolute atomic E-state index is 0.0222. The van der Waals surface area contributed by atoms with Crippen LogP contribution in [0, 0.1) is 5.82 Å². The van der Waals surface area contributed by atoms with Crippen molar-refractivity contribution in [3.05, 3.63) is 72.2 Å². The van der Waals surface area contributed by atoms with Gasteiger partial charge in [0.2, 0.25) is 0 Å². The number of halogens is 1. The van der Waals surface area contributed by atoms with Crippen molar-refractivity contribution >= 4 is 16.1 Å². The molecule has 1 fully saturated rings. The second-order valence-corrected chi connectivity index (χ2v) is 12.1. The summed E-state index contributed by atoms with van der Waals surface area (Å²) < 4.78 is 60.5. The van der Waals surface area contributed by atoms with Crippen LogP contribution < -0.4 is 4.74 Å². The smallest absolute Gasteiger partial charge is 0.410 e. The van der Waals surface area contributed by atoms with Gasteiger partial charge < -0.3 is 19.1 Å². The molecule has 1 atom stereocenters. The summed E-state index contributed by atoms with van der Waals surface area (Å²) in [6.45, 7) is 5.93. The highest BCUT2D eigenvalue weighted by molar-refractivity contribution is 7.90. The zero-order chi connectivity index (χ0) is 27.5. The quantitative estimate of drug-likeness (QED) is 0.374. The maximum atomic E-state index is 14.8. The highest BCUT2D eigenvalue weighted by atomic mass is 32.2. The Balaban J connectivity index is 1.70. The van der Waals surface area contributed by atoms with Gasteiger partial charge in [0.15, 0.2) is 6.29 Å². The highest BCUT2D eigenvalue weighted by Gasteiger charge is 2.26. The first kappa shape index (κ1) is 27.7. The molecule has 8 nitrogen and oxygen atoms in total. The van der Waals surface area contributed by atoms with Crippen LogP contribution in [0.25, 0.3) is 11.3 Å². The van der Waals surface area contributed by atoms with Crippen molar-refractivity contribution in [3.8, 4) is 17.0 Å². The van der Waals surface area contributed by atoms with Crippen LogP contribution in [0.5, 0.6) is 5.75 Å². The van der Waals surface area contributed by atoms with Gasteiger partial charge in [-0.3, -0.25) is 0 Å². The van der Waals surface area contributed by atoms with E-state index in [1.54, 1.807) is 52.1 Å². The molecular formula is C28H33FN2O6S. The monoisotopic (exact) mass is 544 g/mol. The van der Waals surface area contributed by atoms with Crippen LogP contribution in [0.15, 0.2) is 65.7 Å². The minimum atomic E-state index is -4.17. The molecule has 1 aromatic heterocycles. The molecule has 38 heavy (non-hydrogen) atoms. The van der Waals surface area contributed by atoms with Crippen LogP contribution in [-0.2, 0) is 26.0 Å². The predicted octanol–water partition coefficient (Wildman–Crippen LogP) is 5.80. The Labute approximate surface area is 223 Å². The Morgan fingerprint density at radius 1 is 1.13 bits per heavy atom. The van der Waals surface area contributed by atoms with Crippen molar-refractivity contribution < 1.29 is 31.8 Å². The molecule has 0 bridgehead atoms. The van der Waals surface area contributed by atoms with Crippen molar-refractivity contribution in [1.29, 1.82) is 0 Å². The zero-order valence-corrected chi connectivity index (χ0v) is 22.8. The van der Waals surface area contributed by atoms with Crippen LogP contribution in [0.1, 0.15) is 45.6 Å². The molecule has 0 saturated carbocycles. The van der Waals surface area contributed by atoms with E-state index in [4.69, 9.17) is 14.2 Å². The molecule has 3 aromatic rings. The number of aromatic nitrogens is 1. The molecule has 4 rings (SSSR count). The van der Waals surface area contributed by atoms with E-state index in [0.29, 0.717) is 17.9 Å². The van der Waals surface area contributed by atoms with Gasteiger partial charge in [-0.1, -0.05) is 18.2 Å². The molecule has 0 spiro atoms. The maximum absolute atomic E-state index is 14.8. The van der Waals surface area contributed by atoms with E-state index in [9.17, 15) is 17.6 Å². The lowest BCUT2D eigenvalue weighted by Gasteiger charge is -2.24. The summed E-state index contributed by atoms with van der Waals surface area (Å²) in [7, 11) is -2.61. The fraction of sp³-hybridized carbons (Fsp3) is 0.393. The van der Waals surface area contributed by atoms with Crippen LogP contribution in [0.3, 0.4) is 0 Å². The molecule has 0 radical (unpaired) electrons. The molecule has 2 aromatic carbocycles. The van der Waals surface area contributed by atoms with Crippen molar-refractivity contribution in [3.63, 3.8) is 0 Å². The number of hydrogen-bond donors (Lipinski definition) is 0. The van der Waals surface area contributed by atoms with Crippen molar-refractivity contribution in [2.75, 3.05) is 13.7 Å². The number of carbonyl (C=O) groups excluding carboxylic acids is 1. The minimum Gasteiger partial charge on any atom is -0.465 e. The number of carbonyl (C=O) groups is 1. The summed E-state index contributed by atoms with van der Waals surface area (Å²) in [6, 6.07) is 13.7. The van der Waals surface area contributed by atoms with Crippen molar-refractivity contribution in [2.45, 2.75) is 63.4 Å². The second-order valence-electron chi connectivity index (χ2n) is 10.2.